The zero-order chi connectivity index (χ0) is 16.8. The van der Waals surface area contributed by atoms with E-state index < -0.39 is 6.61 Å². The van der Waals surface area contributed by atoms with Crippen LogP contribution >= 0.6 is 11.6 Å². The van der Waals surface area contributed by atoms with Gasteiger partial charge >= 0.3 is 6.61 Å². The molecule has 2 atom stereocenters. The Labute approximate surface area is 139 Å². The van der Waals surface area contributed by atoms with Crippen LogP contribution < -0.4 is 15.4 Å². The van der Waals surface area contributed by atoms with Crippen LogP contribution in [0.4, 0.5) is 14.5 Å². The lowest BCUT2D eigenvalue weighted by Crippen LogP contribution is -2.43. The predicted molar refractivity (Wildman–Crippen MR) is 86.1 cm³/mol. The highest BCUT2D eigenvalue weighted by Gasteiger charge is 2.22. The van der Waals surface area contributed by atoms with E-state index in [-0.39, 0.29) is 29.3 Å². The molecule has 1 aromatic rings. The first-order valence-corrected chi connectivity index (χ1v) is 8.11. The number of rotatable bonds is 6. The number of ether oxygens (including phenoxy) is 1. The van der Waals surface area contributed by atoms with Crippen LogP contribution in [-0.4, -0.2) is 25.1 Å². The first kappa shape index (κ1) is 17.8. The van der Waals surface area contributed by atoms with Gasteiger partial charge in [0.1, 0.15) is 5.75 Å². The van der Waals surface area contributed by atoms with Crippen LogP contribution in [0.2, 0.25) is 5.02 Å². The van der Waals surface area contributed by atoms with Crippen LogP contribution in [0.25, 0.3) is 0 Å². The predicted octanol–water partition coefficient (Wildman–Crippen LogP) is 4.05. The first-order valence-electron chi connectivity index (χ1n) is 7.73. The maximum atomic E-state index is 12.2. The van der Waals surface area contributed by atoms with Crippen molar-refractivity contribution < 1.29 is 18.3 Å². The van der Waals surface area contributed by atoms with E-state index in [4.69, 9.17) is 11.6 Å². The van der Waals surface area contributed by atoms with E-state index in [2.05, 4.69) is 22.3 Å². The number of anilines is 1. The molecule has 23 heavy (non-hydrogen) atoms. The van der Waals surface area contributed by atoms with E-state index in [1.165, 1.54) is 18.6 Å². The van der Waals surface area contributed by atoms with Gasteiger partial charge in [-0.2, -0.15) is 8.78 Å². The summed E-state index contributed by atoms with van der Waals surface area (Å²) in [7, 11) is 0. The quantitative estimate of drug-likeness (QED) is 0.817. The fourth-order valence-corrected chi connectivity index (χ4v) is 3.00. The SMILES string of the molecule is C[C@@H]1CCCC[C@@H]1NC(=O)CNc1ccc(OC(F)F)c(Cl)c1. The molecule has 2 rings (SSSR count). The summed E-state index contributed by atoms with van der Waals surface area (Å²) in [5.74, 6) is 0.313. The Kier molecular flexibility index (Phi) is 6.45. The summed E-state index contributed by atoms with van der Waals surface area (Å²) in [5.41, 5.74) is 0.573. The van der Waals surface area contributed by atoms with Gasteiger partial charge in [-0.25, -0.2) is 0 Å². The van der Waals surface area contributed by atoms with Gasteiger partial charge in [0.25, 0.3) is 0 Å². The van der Waals surface area contributed by atoms with E-state index >= 15 is 0 Å². The number of alkyl halides is 2. The molecule has 2 N–H and O–H groups in total. The Morgan fingerprint density at radius 2 is 2.13 bits per heavy atom. The molecule has 4 nitrogen and oxygen atoms in total. The summed E-state index contributed by atoms with van der Waals surface area (Å²) in [5, 5.41) is 6.03. The number of benzene rings is 1. The van der Waals surface area contributed by atoms with E-state index in [1.807, 2.05) is 0 Å². The van der Waals surface area contributed by atoms with E-state index in [0.29, 0.717) is 11.6 Å². The lowest BCUT2D eigenvalue weighted by atomic mass is 9.86. The minimum atomic E-state index is -2.92. The Hall–Kier alpha value is -1.56. The number of amides is 1. The maximum absolute atomic E-state index is 12.2. The van der Waals surface area contributed by atoms with Crippen LogP contribution in [0.15, 0.2) is 18.2 Å². The van der Waals surface area contributed by atoms with Crippen molar-refractivity contribution in [1.29, 1.82) is 0 Å². The molecule has 1 aromatic carbocycles. The summed E-state index contributed by atoms with van der Waals surface area (Å²) < 4.78 is 28.6. The summed E-state index contributed by atoms with van der Waals surface area (Å²) in [6, 6.07) is 4.57. The molecule has 1 amide bonds. The highest BCUT2D eigenvalue weighted by molar-refractivity contribution is 6.32. The maximum Gasteiger partial charge on any atom is 0.387 e. The summed E-state index contributed by atoms with van der Waals surface area (Å²) in [6.45, 7) is -0.664. The molecule has 1 saturated carbocycles. The molecular weight excluding hydrogens is 326 g/mol. The highest BCUT2D eigenvalue weighted by Crippen LogP contribution is 2.29. The first-order chi connectivity index (χ1) is 11.0. The van der Waals surface area contributed by atoms with Crippen molar-refractivity contribution in [3.8, 4) is 5.75 Å². The van der Waals surface area contributed by atoms with Crippen molar-refractivity contribution >= 4 is 23.2 Å². The normalized spacial score (nSPS) is 21.1. The third kappa shape index (κ3) is 5.53. The third-order valence-corrected chi connectivity index (χ3v) is 4.35. The van der Waals surface area contributed by atoms with Crippen molar-refractivity contribution in [3.63, 3.8) is 0 Å². The second-order valence-electron chi connectivity index (χ2n) is 5.81. The Morgan fingerprint density at radius 1 is 1.39 bits per heavy atom. The second-order valence-corrected chi connectivity index (χ2v) is 6.22. The van der Waals surface area contributed by atoms with Crippen molar-refractivity contribution in [2.45, 2.75) is 45.3 Å². The largest absolute Gasteiger partial charge is 0.433 e. The van der Waals surface area contributed by atoms with E-state index in [9.17, 15) is 13.6 Å². The molecule has 1 aliphatic rings. The zero-order valence-corrected chi connectivity index (χ0v) is 13.7. The highest BCUT2D eigenvalue weighted by atomic mass is 35.5. The molecule has 1 fully saturated rings. The fourth-order valence-electron chi connectivity index (χ4n) is 2.77. The number of hydrogen-bond acceptors (Lipinski definition) is 3. The second kappa shape index (κ2) is 8.34. The van der Waals surface area contributed by atoms with Crippen LogP contribution in [0.1, 0.15) is 32.6 Å². The molecule has 0 unspecified atom stereocenters. The molecule has 0 radical (unpaired) electrons. The Morgan fingerprint density at radius 3 is 2.78 bits per heavy atom. The number of halogens is 3. The minimum Gasteiger partial charge on any atom is -0.433 e. The minimum absolute atomic E-state index is 0.0663. The van der Waals surface area contributed by atoms with Gasteiger partial charge in [0.2, 0.25) is 5.91 Å². The van der Waals surface area contributed by atoms with Crippen LogP contribution in [-0.2, 0) is 4.79 Å². The van der Waals surface area contributed by atoms with Gasteiger partial charge in [-0.3, -0.25) is 4.79 Å². The van der Waals surface area contributed by atoms with Gasteiger partial charge < -0.3 is 15.4 Å². The average molecular weight is 347 g/mol. The molecule has 0 spiro atoms. The smallest absolute Gasteiger partial charge is 0.387 e. The van der Waals surface area contributed by atoms with Crippen molar-refractivity contribution in [3.05, 3.63) is 23.2 Å². The van der Waals surface area contributed by atoms with E-state index in [0.717, 1.165) is 19.3 Å². The summed E-state index contributed by atoms with van der Waals surface area (Å²) >= 11 is 5.86. The molecule has 128 valence electrons. The molecule has 0 aromatic heterocycles. The molecule has 0 saturated heterocycles. The van der Waals surface area contributed by atoms with Gasteiger partial charge in [-0.1, -0.05) is 31.4 Å². The molecule has 0 aliphatic heterocycles. The summed E-state index contributed by atoms with van der Waals surface area (Å²) in [6.07, 6.45) is 4.51. The Balaban J connectivity index is 1.83. The topological polar surface area (TPSA) is 50.4 Å². The standard InChI is InChI=1S/C16H21ClF2N2O2/c1-10-4-2-3-5-13(10)21-15(22)9-20-11-6-7-14(12(17)8-11)23-16(18)19/h6-8,10,13,16,20H,2-5,9H2,1H3,(H,21,22)/t10-,13+/m1/s1. The van der Waals surface area contributed by atoms with E-state index in [1.54, 1.807) is 6.07 Å². The van der Waals surface area contributed by atoms with Crippen molar-refractivity contribution in [2.75, 3.05) is 11.9 Å². The third-order valence-electron chi connectivity index (χ3n) is 4.06. The van der Waals surface area contributed by atoms with Crippen LogP contribution in [0.5, 0.6) is 5.75 Å². The number of hydrogen-bond donors (Lipinski definition) is 2. The summed E-state index contributed by atoms with van der Waals surface area (Å²) in [4.78, 5) is 12.0. The molecule has 0 bridgehead atoms. The fraction of sp³-hybridized carbons (Fsp3) is 0.562. The lowest BCUT2D eigenvalue weighted by molar-refractivity contribution is -0.120. The van der Waals surface area contributed by atoms with Gasteiger partial charge in [-0.05, 0) is 37.0 Å². The zero-order valence-electron chi connectivity index (χ0n) is 13.0. The number of carbonyl (C=O) groups excluding carboxylic acids is 1. The molecule has 0 heterocycles. The molecule has 7 heteroatoms. The van der Waals surface area contributed by atoms with Crippen molar-refractivity contribution in [2.24, 2.45) is 5.92 Å². The van der Waals surface area contributed by atoms with Crippen molar-refractivity contribution in [1.82, 2.24) is 5.32 Å². The van der Waals surface area contributed by atoms with Crippen LogP contribution in [0.3, 0.4) is 0 Å². The average Bonchev–Trinajstić information content (AvgIpc) is 2.49. The number of nitrogens with one attached hydrogen (secondary N) is 2. The van der Waals surface area contributed by atoms with Gasteiger partial charge in [-0.15, -0.1) is 0 Å². The van der Waals surface area contributed by atoms with Gasteiger partial charge in [0, 0.05) is 11.7 Å². The Bertz CT molecular complexity index is 543. The number of carbonyl (C=O) groups is 1. The van der Waals surface area contributed by atoms with Gasteiger partial charge in [0.05, 0.1) is 11.6 Å². The van der Waals surface area contributed by atoms with Gasteiger partial charge in [0.15, 0.2) is 0 Å². The van der Waals surface area contributed by atoms with Crippen LogP contribution in [0, 0.1) is 5.92 Å². The lowest BCUT2D eigenvalue weighted by Gasteiger charge is -2.29. The molecule has 1 aliphatic carbocycles. The monoisotopic (exact) mass is 346 g/mol. The molecular formula is C16H21ClF2N2O2.